The summed E-state index contributed by atoms with van der Waals surface area (Å²) in [6, 6.07) is -0.0639. The molecule has 1 fully saturated rings. The number of ether oxygens (including phenoxy) is 1. The van der Waals surface area contributed by atoms with Gasteiger partial charge in [0, 0.05) is 17.8 Å². The monoisotopic (exact) mass is 303 g/mol. The summed E-state index contributed by atoms with van der Waals surface area (Å²) in [5, 5.41) is 9.10. The molecule has 5 nitrogen and oxygen atoms in total. The number of carboxylic acid groups (broad SMARTS) is 1. The highest BCUT2D eigenvalue weighted by Gasteiger charge is 2.40. The summed E-state index contributed by atoms with van der Waals surface area (Å²) in [6.45, 7) is 7.85. The molecule has 1 heterocycles. The van der Waals surface area contributed by atoms with E-state index in [1.54, 1.807) is 11.8 Å². The van der Waals surface area contributed by atoms with Crippen molar-refractivity contribution in [2.24, 2.45) is 5.92 Å². The van der Waals surface area contributed by atoms with Crippen LogP contribution in [0.5, 0.6) is 0 Å². The summed E-state index contributed by atoms with van der Waals surface area (Å²) in [4.78, 5) is 25.1. The fourth-order valence-corrected chi connectivity index (χ4v) is 3.64. The average Bonchev–Trinajstić information content (AvgIpc) is 2.76. The molecule has 0 spiro atoms. The molecule has 3 atom stereocenters. The Labute approximate surface area is 125 Å². The van der Waals surface area contributed by atoms with Crippen molar-refractivity contribution >= 4 is 23.8 Å². The maximum absolute atomic E-state index is 12.2. The molecule has 0 aromatic rings. The number of nitrogens with zero attached hydrogens (tertiary/aromatic N) is 1. The molecule has 1 aliphatic rings. The van der Waals surface area contributed by atoms with Crippen LogP contribution in [-0.4, -0.2) is 51.8 Å². The summed E-state index contributed by atoms with van der Waals surface area (Å²) in [6.07, 6.45) is 3.29. The van der Waals surface area contributed by atoms with Crippen molar-refractivity contribution in [1.82, 2.24) is 4.90 Å². The topological polar surface area (TPSA) is 66.8 Å². The average molecular weight is 303 g/mol. The fourth-order valence-electron chi connectivity index (χ4n) is 2.52. The number of aliphatic carboxylic acids is 1. The number of carbonyl (C=O) groups is 2. The van der Waals surface area contributed by atoms with E-state index in [0.29, 0.717) is 6.54 Å². The van der Waals surface area contributed by atoms with E-state index in [0.717, 1.165) is 12.8 Å². The van der Waals surface area contributed by atoms with E-state index in [1.165, 1.54) is 11.8 Å². The van der Waals surface area contributed by atoms with Crippen LogP contribution in [0.3, 0.4) is 0 Å². The van der Waals surface area contributed by atoms with E-state index >= 15 is 0 Å². The molecule has 20 heavy (non-hydrogen) atoms. The first-order valence-electron chi connectivity index (χ1n) is 6.92. The predicted molar refractivity (Wildman–Crippen MR) is 80.1 cm³/mol. The second kappa shape index (κ2) is 6.70. The molecule has 116 valence electrons. The molecule has 1 amide bonds. The quantitative estimate of drug-likeness (QED) is 0.865. The number of carboxylic acids is 1. The third-order valence-electron chi connectivity index (χ3n) is 3.46. The van der Waals surface area contributed by atoms with Crippen molar-refractivity contribution in [2.45, 2.75) is 57.4 Å². The van der Waals surface area contributed by atoms with Crippen LogP contribution in [0, 0.1) is 5.92 Å². The number of amides is 1. The van der Waals surface area contributed by atoms with E-state index in [4.69, 9.17) is 4.74 Å². The molecule has 0 bridgehead atoms. The largest absolute Gasteiger partial charge is 0.481 e. The number of rotatable bonds is 4. The molecule has 1 aliphatic heterocycles. The van der Waals surface area contributed by atoms with Crippen molar-refractivity contribution in [2.75, 3.05) is 12.8 Å². The fraction of sp³-hybridized carbons (Fsp3) is 0.857. The Kier molecular flexibility index (Phi) is 5.74. The molecule has 1 N–H and O–H groups in total. The van der Waals surface area contributed by atoms with Gasteiger partial charge in [-0.3, -0.25) is 4.79 Å². The highest BCUT2D eigenvalue weighted by atomic mass is 32.2. The second-order valence-corrected chi connectivity index (χ2v) is 7.23. The molecule has 1 saturated heterocycles. The minimum absolute atomic E-state index is 0.0639. The van der Waals surface area contributed by atoms with Crippen LogP contribution in [0.2, 0.25) is 0 Å². The Morgan fingerprint density at radius 3 is 2.45 bits per heavy atom. The predicted octanol–water partition coefficient (Wildman–Crippen LogP) is 2.84. The van der Waals surface area contributed by atoms with E-state index in [-0.39, 0.29) is 17.4 Å². The van der Waals surface area contributed by atoms with Crippen molar-refractivity contribution in [3.8, 4) is 0 Å². The molecule has 2 unspecified atom stereocenters. The lowest BCUT2D eigenvalue weighted by atomic mass is 9.99. The lowest BCUT2D eigenvalue weighted by Gasteiger charge is -2.34. The molecular formula is C14H25NO4S. The summed E-state index contributed by atoms with van der Waals surface area (Å²) in [7, 11) is 0. The first kappa shape index (κ1) is 17.1. The molecule has 0 saturated carbocycles. The smallest absolute Gasteiger partial charge is 0.410 e. The lowest BCUT2D eigenvalue weighted by Crippen LogP contribution is -2.47. The Balaban J connectivity index is 2.82. The molecule has 1 rings (SSSR count). The van der Waals surface area contributed by atoms with Gasteiger partial charge in [-0.15, -0.1) is 0 Å². The zero-order valence-corrected chi connectivity index (χ0v) is 13.7. The Bertz CT molecular complexity index is 367. The van der Waals surface area contributed by atoms with E-state index in [9.17, 15) is 14.7 Å². The number of hydrogen-bond acceptors (Lipinski definition) is 4. The van der Waals surface area contributed by atoms with Gasteiger partial charge in [-0.2, -0.15) is 11.8 Å². The van der Waals surface area contributed by atoms with Crippen LogP contribution in [0.15, 0.2) is 0 Å². The normalized spacial score (nSPS) is 22.4. The SMILES string of the molecule is CS[C@@H](C(C)C(=O)O)C1CCCN1C(=O)OC(C)(C)C. The van der Waals surface area contributed by atoms with E-state index < -0.39 is 17.5 Å². The molecule has 0 radical (unpaired) electrons. The van der Waals surface area contributed by atoms with Crippen LogP contribution in [0.1, 0.15) is 40.5 Å². The van der Waals surface area contributed by atoms with Gasteiger partial charge < -0.3 is 14.7 Å². The molecule has 6 heteroatoms. The van der Waals surface area contributed by atoms with Crippen LogP contribution in [-0.2, 0) is 9.53 Å². The van der Waals surface area contributed by atoms with Crippen molar-refractivity contribution in [3.63, 3.8) is 0 Å². The zero-order valence-electron chi connectivity index (χ0n) is 12.9. The minimum Gasteiger partial charge on any atom is -0.481 e. The number of thioether (sulfide) groups is 1. The molecule has 0 aromatic carbocycles. The minimum atomic E-state index is -0.819. The molecular weight excluding hydrogens is 278 g/mol. The van der Waals surface area contributed by atoms with Gasteiger partial charge in [0.1, 0.15) is 5.60 Å². The maximum atomic E-state index is 12.2. The van der Waals surface area contributed by atoms with Crippen LogP contribution >= 0.6 is 11.8 Å². The Hall–Kier alpha value is -0.910. The third kappa shape index (κ3) is 4.30. The number of carbonyl (C=O) groups excluding carboxylic acids is 1. The van der Waals surface area contributed by atoms with Crippen molar-refractivity contribution in [1.29, 1.82) is 0 Å². The van der Waals surface area contributed by atoms with E-state index in [2.05, 4.69) is 0 Å². The van der Waals surface area contributed by atoms with Crippen molar-refractivity contribution < 1.29 is 19.4 Å². The van der Waals surface area contributed by atoms with Gasteiger partial charge >= 0.3 is 12.1 Å². The summed E-state index contributed by atoms with van der Waals surface area (Å²) >= 11 is 1.51. The van der Waals surface area contributed by atoms with Gasteiger partial charge in [-0.05, 0) is 39.9 Å². The van der Waals surface area contributed by atoms with Crippen LogP contribution in [0.25, 0.3) is 0 Å². The van der Waals surface area contributed by atoms with Crippen molar-refractivity contribution in [3.05, 3.63) is 0 Å². The van der Waals surface area contributed by atoms with Crippen LogP contribution < -0.4 is 0 Å². The molecule has 0 aromatic heterocycles. The second-order valence-electron chi connectivity index (χ2n) is 6.21. The van der Waals surface area contributed by atoms with Gasteiger partial charge in [-0.1, -0.05) is 6.92 Å². The highest BCUT2D eigenvalue weighted by Crippen LogP contribution is 2.32. The van der Waals surface area contributed by atoms with Gasteiger partial charge in [0.25, 0.3) is 0 Å². The zero-order chi connectivity index (χ0) is 15.5. The van der Waals surface area contributed by atoms with Gasteiger partial charge in [0.15, 0.2) is 0 Å². The summed E-state index contributed by atoms with van der Waals surface area (Å²) < 4.78 is 5.42. The van der Waals surface area contributed by atoms with E-state index in [1.807, 2.05) is 27.0 Å². The molecule has 0 aliphatic carbocycles. The maximum Gasteiger partial charge on any atom is 0.410 e. The first-order valence-corrected chi connectivity index (χ1v) is 8.21. The highest BCUT2D eigenvalue weighted by molar-refractivity contribution is 7.99. The lowest BCUT2D eigenvalue weighted by molar-refractivity contribution is -0.141. The standard InChI is InChI=1S/C14H25NO4S/c1-9(12(16)17)11(20-5)10-7-6-8-15(10)13(18)19-14(2,3)4/h9-11H,6-8H2,1-5H3,(H,16,17)/t9?,10?,11-/m0/s1. The van der Waals surface area contributed by atoms with Gasteiger partial charge in [0.2, 0.25) is 0 Å². The third-order valence-corrected chi connectivity index (χ3v) is 4.73. The summed E-state index contributed by atoms with van der Waals surface area (Å²) in [5.74, 6) is -1.31. The van der Waals surface area contributed by atoms with Gasteiger partial charge in [0.05, 0.1) is 5.92 Å². The Morgan fingerprint density at radius 1 is 1.40 bits per heavy atom. The first-order chi connectivity index (χ1) is 9.17. The van der Waals surface area contributed by atoms with Gasteiger partial charge in [-0.25, -0.2) is 4.79 Å². The number of hydrogen-bond donors (Lipinski definition) is 1. The Morgan fingerprint density at radius 2 is 2.00 bits per heavy atom. The summed E-state index contributed by atoms with van der Waals surface area (Å²) in [5.41, 5.74) is -0.530. The van der Waals surface area contributed by atoms with Crippen LogP contribution in [0.4, 0.5) is 4.79 Å². The number of likely N-dealkylation sites (tertiary alicyclic amines) is 1.